The number of hydrogen-bond donors (Lipinski definition) is 1. The molecule has 0 amide bonds. The summed E-state index contributed by atoms with van der Waals surface area (Å²) in [4.78, 5) is 8.82. The second-order valence-corrected chi connectivity index (χ2v) is 6.29. The largest absolute Gasteiger partial charge is 0.245 e. The van der Waals surface area contributed by atoms with Crippen LogP contribution < -0.4 is 5.43 Å². The molecule has 1 aromatic carbocycles. The predicted octanol–water partition coefficient (Wildman–Crippen LogP) is 4.38. The first kappa shape index (κ1) is 17.1. The van der Waals surface area contributed by atoms with Crippen molar-refractivity contribution in [2.24, 2.45) is 11.0 Å². The Hall–Kier alpha value is -2.23. The number of rotatable bonds is 6. The van der Waals surface area contributed by atoms with E-state index in [1.807, 2.05) is 19.9 Å². The lowest BCUT2D eigenvalue weighted by Gasteiger charge is -2.08. The maximum absolute atomic E-state index is 4.45. The molecule has 0 unspecified atom stereocenters. The third-order valence-electron chi connectivity index (χ3n) is 3.58. The van der Waals surface area contributed by atoms with Crippen LogP contribution in [0.4, 0.5) is 5.95 Å². The van der Waals surface area contributed by atoms with Crippen LogP contribution in [0, 0.1) is 12.8 Å². The van der Waals surface area contributed by atoms with Crippen molar-refractivity contribution < 1.29 is 0 Å². The minimum atomic E-state index is 0.555. The Morgan fingerprint density at radius 3 is 2.70 bits per heavy atom. The first-order valence-electron chi connectivity index (χ1n) is 8.22. The number of hydrazone groups is 1. The highest BCUT2D eigenvalue weighted by Gasteiger charge is 2.03. The number of nitrogens with zero attached hydrogens (tertiary/aromatic N) is 3. The summed E-state index contributed by atoms with van der Waals surface area (Å²) in [5.74, 6) is 1.20. The summed E-state index contributed by atoms with van der Waals surface area (Å²) < 4.78 is 0. The molecular formula is C19H26N4. The van der Waals surface area contributed by atoms with Gasteiger partial charge in [0.15, 0.2) is 0 Å². The van der Waals surface area contributed by atoms with Crippen LogP contribution in [0.15, 0.2) is 35.4 Å². The maximum Gasteiger partial charge on any atom is 0.243 e. The van der Waals surface area contributed by atoms with Crippen molar-refractivity contribution in [2.75, 3.05) is 5.43 Å². The Morgan fingerprint density at radius 1 is 1.22 bits per heavy atom. The van der Waals surface area contributed by atoms with E-state index in [-0.39, 0.29) is 0 Å². The monoisotopic (exact) mass is 310 g/mol. The molecule has 1 N–H and O–H groups in total. The van der Waals surface area contributed by atoms with Gasteiger partial charge in [0, 0.05) is 11.4 Å². The lowest BCUT2D eigenvalue weighted by atomic mass is 10.00. The van der Waals surface area contributed by atoms with Crippen LogP contribution in [0.5, 0.6) is 0 Å². The van der Waals surface area contributed by atoms with Crippen molar-refractivity contribution in [3.63, 3.8) is 0 Å². The summed E-state index contributed by atoms with van der Waals surface area (Å²) in [6.45, 7) is 10.5. The van der Waals surface area contributed by atoms with E-state index in [1.165, 1.54) is 5.56 Å². The molecule has 0 aliphatic carbocycles. The van der Waals surface area contributed by atoms with Crippen LogP contribution in [-0.4, -0.2) is 15.7 Å². The van der Waals surface area contributed by atoms with E-state index in [2.05, 4.69) is 65.5 Å². The molecule has 0 radical (unpaired) electrons. The minimum Gasteiger partial charge on any atom is -0.245 e. The van der Waals surface area contributed by atoms with Crippen molar-refractivity contribution in [3.8, 4) is 0 Å². The Balaban J connectivity index is 2.15. The topological polar surface area (TPSA) is 50.2 Å². The van der Waals surface area contributed by atoms with Gasteiger partial charge >= 0.3 is 0 Å². The normalized spacial score (nSPS) is 11.8. The van der Waals surface area contributed by atoms with Gasteiger partial charge in [0.05, 0.1) is 5.71 Å². The Labute approximate surface area is 139 Å². The van der Waals surface area contributed by atoms with Gasteiger partial charge in [0.2, 0.25) is 5.95 Å². The zero-order chi connectivity index (χ0) is 16.8. The van der Waals surface area contributed by atoms with E-state index in [0.717, 1.165) is 35.5 Å². The molecule has 0 atom stereocenters. The quantitative estimate of drug-likeness (QED) is 0.636. The van der Waals surface area contributed by atoms with Gasteiger partial charge in [-0.25, -0.2) is 15.4 Å². The fourth-order valence-electron chi connectivity index (χ4n) is 2.46. The molecule has 122 valence electrons. The molecule has 0 bridgehead atoms. The van der Waals surface area contributed by atoms with E-state index < -0.39 is 0 Å². The maximum atomic E-state index is 4.45. The van der Waals surface area contributed by atoms with E-state index in [9.17, 15) is 0 Å². The van der Waals surface area contributed by atoms with Gasteiger partial charge in [0.25, 0.3) is 0 Å². The zero-order valence-corrected chi connectivity index (χ0v) is 14.7. The average Bonchev–Trinajstić information content (AvgIpc) is 2.51. The fourth-order valence-corrected chi connectivity index (χ4v) is 2.46. The van der Waals surface area contributed by atoms with Gasteiger partial charge in [0.1, 0.15) is 0 Å². The van der Waals surface area contributed by atoms with Crippen LogP contribution in [-0.2, 0) is 12.8 Å². The zero-order valence-electron chi connectivity index (χ0n) is 14.7. The van der Waals surface area contributed by atoms with Gasteiger partial charge in [-0.3, -0.25) is 0 Å². The molecule has 0 saturated carbocycles. The second kappa shape index (κ2) is 7.86. The third-order valence-corrected chi connectivity index (χ3v) is 3.58. The van der Waals surface area contributed by atoms with Crippen LogP contribution in [0.2, 0.25) is 0 Å². The summed E-state index contributed by atoms with van der Waals surface area (Å²) in [5.41, 5.74) is 8.35. The first-order chi connectivity index (χ1) is 11.0. The summed E-state index contributed by atoms with van der Waals surface area (Å²) in [6.07, 6.45) is 1.97. The minimum absolute atomic E-state index is 0.555. The van der Waals surface area contributed by atoms with Crippen molar-refractivity contribution in [2.45, 2.75) is 47.5 Å². The van der Waals surface area contributed by atoms with Crippen LogP contribution in [0.25, 0.3) is 0 Å². The summed E-state index contributed by atoms with van der Waals surface area (Å²) >= 11 is 0. The van der Waals surface area contributed by atoms with E-state index in [1.54, 1.807) is 0 Å². The first-order valence-corrected chi connectivity index (χ1v) is 8.22. The Kier molecular flexibility index (Phi) is 5.85. The number of aromatic nitrogens is 2. The number of benzene rings is 1. The summed E-state index contributed by atoms with van der Waals surface area (Å²) in [6, 6.07) is 10.5. The van der Waals surface area contributed by atoms with E-state index >= 15 is 0 Å². The van der Waals surface area contributed by atoms with Gasteiger partial charge in [-0.2, -0.15) is 5.10 Å². The number of hydrogen-bond acceptors (Lipinski definition) is 4. The van der Waals surface area contributed by atoms with Crippen molar-refractivity contribution in [1.82, 2.24) is 9.97 Å². The SMILES string of the molecule is CCc1cc(C)nc(NN=C(C)c2cccc(CC(C)C)c2)n1. The molecule has 1 heterocycles. The smallest absolute Gasteiger partial charge is 0.243 e. The fraction of sp³-hybridized carbons (Fsp3) is 0.421. The van der Waals surface area contributed by atoms with Gasteiger partial charge in [-0.05, 0) is 55.9 Å². The van der Waals surface area contributed by atoms with Crippen LogP contribution >= 0.6 is 0 Å². The van der Waals surface area contributed by atoms with Gasteiger partial charge < -0.3 is 0 Å². The molecule has 0 fully saturated rings. The van der Waals surface area contributed by atoms with Crippen LogP contribution in [0.3, 0.4) is 0 Å². The molecule has 2 rings (SSSR count). The number of aryl methyl sites for hydroxylation is 2. The summed E-state index contributed by atoms with van der Waals surface area (Å²) in [7, 11) is 0. The molecular weight excluding hydrogens is 284 g/mol. The van der Waals surface area contributed by atoms with Crippen molar-refractivity contribution in [3.05, 3.63) is 52.8 Å². The van der Waals surface area contributed by atoms with Crippen LogP contribution in [0.1, 0.15) is 50.2 Å². The standard InChI is InChI=1S/C19H26N4/c1-6-18-11-14(4)20-19(21-18)23-22-15(5)17-9-7-8-16(12-17)10-13(2)3/h7-9,11-13H,6,10H2,1-5H3,(H,20,21,23). The molecule has 1 aromatic heterocycles. The van der Waals surface area contributed by atoms with E-state index in [0.29, 0.717) is 11.9 Å². The van der Waals surface area contributed by atoms with E-state index in [4.69, 9.17) is 0 Å². The average molecular weight is 310 g/mol. The lowest BCUT2D eigenvalue weighted by molar-refractivity contribution is 0.647. The van der Waals surface area contributed by atoms with Gasteiger partial charge in [-0.1, -0.05) is 39.0 Å². The molecule has 4 heteroatoms. The Morgan fingerprint density at radius 2 is 2.00 bits per heavy atom. The van der Waals surface area contributed by atoms with Gasteiger partial charge in [-0.15, -0.1) is 0 Å². The highest BCUT2D eigenvalue weighted by molar-refractivity contribution is 5.99. The lowest BCUT2D eigenvalue weighted by Crippen LogP contribution is -2.05. The second-order valence-electron chi connectivity index (χ2n) is 6.29. The molecule has 23 heavy (non-hydrogen) atoms. The molecule has 0 aliphatic heterocycles. The highest BCUT2D eigenvalue weighted by atomic mass is 15.4. The number of nitrogens with one attached hydrogen (secondary N) is 1. The van der Waals surface area contributed by atoms with Crippen molar-refractivity contribution >= 4 is 11.7 Å². The highest BCUT2D eigenvalue weighted by Crippen LogP contribution is 2.12. The summed E-state index contributed by atoms with van der Waals surface area (Å²) in [5, 5.41) is 4.44. The predicted molar refractivity (Wildman–Crippen MR) is 97.0 cm³/mol. The molecule has 2 aromatic rings. The molecule has 4 nitrogen and oxygen atoms in total. The molecule has 0 aliphatic rings. The van der Waals surface area contributed by atoms with Crippen molar-refractivity contribution in [1.29, 1.82) is 0 Å². The number of anilines is 1. The molecule has 0 spiro atoms. The Bertz CT molecular complexity index is 690. The third kappa shape index (κ3) is 5.16. The molecule has 0 saturated heterocycles.